The van der Waals surface area contributed by atoms with Gasteiger partial charge in [0.15, 0.2) is 6.10 Å². The molecule has 0 spiro atoms. The summed E-state index contributed by atoms with van der Waals surface area (Å²) in [7, 11) is -2.74. The van der Waals surface area contributed by atoms with Crippen molar-refractivity contribution in [2.24, 2.45) is 0 Å². The molecule has 182 valence electrons. The molecule has 1 heterocycles. The number of ether oxygens (including phenoxy) is 3. The lowest BCUT2D eigenvalue weighted by molar-refractivity contribution is -0.150. The number of amides is 2. The second kappa shape index (κ2) is 9.67. The number of hydrogen-bond donors (Lipinski definition) is 0. The van der Waals surface area contributed by atoms with Gasteiger partial charge in [0.2, 0.25) is 0 Å². The Labute approximate surface area is 203 Å². The van der Waals surface area contributed by atoms with Gasteiger partial charge < -0.3 is 14.2 Å². The Morgan fingerprint density at radius 2 is 1.57 bits per heavy atom. The van der Waals surface area contributed by atoms with Crippen LogP contribution in [-0.4, -0.2) is 40.2 Å². The Morgan fingerprint density at radius 3 is 2.23 bits per heavy atom. The fourth-order valence-electron chi connectivity index (χ4n) is 3.53. The van der Waals surface area contributed by atoms with Crippen molar-refractivity contribution in [2.75, 3.05) is 22.9 Å². The molecule has 3 aromatic rings. The lowest BCUT2D eigenvalue weighted by atomic mass is 10.2. The van der Waals surface area contributed by atoms with Gasteiger partial charge in [0, 0.05) is 13.1 Å². The highest BCUT2D eigenvalue weighted by molar-refractivity contribution is 7.94. The van der Waals surface area contributed by atoms with Gasteiger partial charge in [0.25, 0.3) is 10.0 Å². The van der Waals surface area contributed by atoms with Crippen LogP contribution in [0, 0.1) is 0 Å². The summed E-state index contributed by atoms with van der Waals surface area (Å²) < 4.78 is 43.8. The number of esters is 1. The SMILES string of the molecule is CCOC(=O)C(C)Oc1ccc2c(c1)N(C)C(=O)N(c1ccc(Oc3ccccc3)cc1)S2(=O)=O. The van der Waals surface area contributed by atoms with Crippen LogP contribution < -0.4 is 18.7 Å². The number of fused-ring (bicyclic) bond motifs is 1. The van der Waals surface area contributed by atoms with E-state index in [1.165, 1.54) is 49.2 Å². The first kappa shape index (κ1) is 24.1. The van der Waals surface area contributed by atoms with Gasteiger partial charge in [0.1, 0.15) is 22.1 Å². The highest BCUT2D eigenvalue weighted by atomic mass is 32.2. The fraction of sp³-hybridized carbons (Fsp3) is 0.200. The molecule has 0 saturated carbocycles. The number of carbonyl (C=O) groups excluding carboxylic acids is 2. The second-order valence-corrected chi connectivity index (χ2v) is 9.42. The first-order chi connectivity index (χ1) is 16.7. The lowest BCUT2D eigenvalue weighted by Gasteiger charge is -2.34. The monoisotopic (exact) mass is 496 g/mol. The van der Waals surface area contributed by atoms with Gasteiger partial charge in [-0.2, -0.15) is 4.31 Å². The predicted octanol–water partition coefficient (Wildman–Crippen LogP) is 4.57. The van der Waals surface area contributed by atoms with Crippen LogP contribution in [0.5, 0.6) is 17.2 Å². The normalized spacial score (nSPS) is 15.2. The van der Waals surface area contributed by atoms with Crippen molar-refractivity contribution in [1.29, 1.82) is 0 Å². The van der Waals surface area contributed by atoms with Crippen LogP contribution >= 0.6 is 0 Å². The average Bonchev–Trinajstić information content (AvgIpc) is 2.84. The molecule has 0 bridgehead atoms. The van der Waals surface area contributed by atoms with Crippen molar-refractivity contribution < 1.29 is 32.2 Å². The van der Waals surface area contributed by atoms with E-state index in [0.29, 0.717) is 11.5 Å². The average molecular weight is 497 g/mol. The Hall–Kier alpha value is -4.05. The first-order valence-electron chi connectivity index (χ1n) is 10.9. The highest BCUT2D eigenvalue weighted by Crippen LogP contribution is 2.39. The quantitative estimate of drug-likeness (QED) is 0.441. The number of sulfonamides is 1. The van der Waals surface area contributed by atoms with Crippen LogP contribution in [0.25, 0.3) is 0 Å². The van der Waals surface area contributed by atoms with E-state index in [1.807, 2.05) is 18.2 Å². The van der Waals surface area contributed by atoms with Crippen molar-refractivity contribution in [3.8, 4) is 17.2 Å². The van der Waals surface area contributed by atoms with Crippen molar-refractivity contribution >= 4 is 33.4 Å². The van der Waals surface area contributed by atoms with Gasteiger partial charge in [-0.05, 0) is 62.4 Å². The molecule has 0 aromatic heterocycles. The van der Waals surface area contributed by atoms with Crippen LogP contribution in [0.1, 0.15) is 13.8 Å². The zero-order chi connectivity index (χ0) is 25.2. The second-order valence-electron chi connectivity index (χ2n) is 7.66. The van der Waals surface area contributed by atoms with Crippen molar-refractivity contribution in [3.05, 3.63) is 72.8 Å². The largest absolute Gasteiger partial charge is 0.479 e. The molecule has 35 heavy (non-hydrogen) atoms. The third-order valence-corrected chi connectivity index (χ3v) is 7.00. The Morgan fingerprint density at radius 1 is 0.943 bits per heavy atom. The number of anilines is 2. The van der Waals surface area contributed by atoms with E-state index >= 15 is 0 Å². The van der Waals surface area contributed by atoms with Crippen molar-refractivity contribution in [2.45, 2.75) is 24.8 Å². The summed E-state index contributed by atoms with van der Waals surface area (Å²) in [6.45, 7) is 3.42. The summed E-state index contributed by atoms with van der Waals surface area (Å²) in [5, 5.41) is 0. The summed E-state index contributed by atoms with van der Waals surface area (Å²) >= 11 is 0. The third-order valence-electron chi connectivity index (χ3n) is 5.25. The maximum atomic E-state index is 13.4. The number of para-hydroxylation sites is 1. The van der Waals surface area contributed by atoms with Crippen LogP contribution in [0.2, 0.25) is 0 Å². The molecule has 1 unspecified atom stereocenters. The first-order valence-corrected chi connectivity index (χ1v) is 12.3. The molecule has 0 radical (unpaired) electrons. The van der Waals surface area contributed by atoms with E-state index in [-0.39, 0.29) is 28.6 Å². The van der Waals surface area contributed by atoms with Gasteiger partial charge in [0.05, 0.1) is 18.0 Å². The number of benzene rings is 3. The minimum absolute atomic E-state index is 0.0691. The standard InChI is InChI=1S/C25H24N2O7S/c1-4-32-24(28)17(2)33-21-14-15-23-22(16-21)26(3)25(29)27(35(23,30)31)18-10-12-20(13-11-18)34-19-8-6-5-7-9-19/h5-17H,4H2,1-3H3. The van der Waals surface area contributed by atoms with E-state index in [2.05, 4.69) is 0 Å². The van der Waals surface area contributed by atoms with E-state index < -0.39 is 28.1 Å². The number of hydrogen-bond acceptors (Lipinski definition) is 7. The minimum Gasteiger partial charge on any atom is -0.479 e. The highest BCUT2D eigenvalue weighted by Gasteiger charge is 2.41. The van der Waals surface area contributed by atoms with Crippen molar-refractivity contribution in [3.63, 3.8) is 0 Å². The lowest BCUT2D eigenvalue weighted by Crippen LogP contribution is -2.49. The molecular formula is C25H24N2O7S. The predicted molar refractivity (Wildman–Crippen MR) is 130 cm³/mol. The zero-order valence-electron chi connectivity index (χ0n) is 19.4. The molecule has 10 heteroatoms. The molecule has 1 aliphatic rings. The molecule has 4 rings (SSSR count). The van der Waals surface area contributed by atoms with Gasteiger partial charge in [-0.15, -0.1) is 0 Å². The molecule has 2 amide bonds. The van der Waals surface area contributed by atoms with Gasteiger partial charge in [-0.3, -0.25) is 4.90 Å². The fourth-order valence-corrected chi connectivity index (χ4v) is 5.15. The maximum absolute atomic E-state index is 13.4. The van der Waals surface area contributed by atoms with Crippen LogP contribution in [0.4, 0.5) is 16.2 Å². The van der Waals surface area contributed by atoms with Gasteiger partial charge in [-0.1, -0.05) is 18.2 Å². The Balaban J connectivity index is 1.61. The summed E-state index contributed by atoms with van der Waals surface area (Å²) in [4.78, 5) is 26.1. The topological polar surface area (TPSA) is 102 Å². The Kier molecular flexibility index (Phi) is 6.65. The van der Waals surface area contributed by atoms with Crippen molar-refractivity contribution in [1.82, 2.24) is 0 Å². The molecule has 0 fully saturated rings. The molecular weight excluding hydrogens is 472 g/mol. The summed E-state index contributed by atoms with van der Waals surface area (Å²) in [6, 6.07) is 18.8. The smallest absolute Gasteiger partial charge is 0.347 e. The van der Waals surface area contributed by atoms with E-state index in [0.717, 1.165) is 4.31 Å². The van der Waals surface area contributed by atoms with Crippen LogP contribution in [0.3, 0.4) is 0 Å². The van der Waals surface area contributed by atoms with Gasteiger partial charge in [-0.25, -0.2) is 18.0 Å². The molecule has 0 saturated heterocycles. The van der Waals surface area contributed by atoms with E-state index in [9.17, 15) is 18.0 Å². The number of carbonyl (C=O) groups is 2. The summed E-state index contributed by atoms with van der Waals surface area (Å²) in [5.41, 5.74) is 0.313. The minimum atomic E-state index is -4.21. The molecule has 1 aliphatic heterocycles. The van der Waals surface area contributed by atoms with E-state index in [4.69, 9.17) is 14.2 Å². The van der Waals surface area contributed by atoms with Crippen LogP contribution in [0.15, 0.2) is 77.7 Å². The third kappa shape index (κ3) is 4.78. The zero-order valence-corrected chi connectivity index (χ0v) is 20.2. The molecule has 0 aliphatic carbocycles. The molecule has 3 aromatic carbocycles. The van der Waals surface area contributed by atoms with Gasteiger partial charge >= 0.3 is 12.0 Å². The number of rotatable bonds is 7. The number of urea groups is 1. The number of nitrogens with zero attached hydrogens (tertiary/aromatic N) is 2. The Bertz CT molecular complexity index is 1340. The molecule has 1 atom stereocenters. The molecule has 9 nitrogen and oxygen atoms in total. The van der Waals surface area contributed by atoms with Crippen LogP contribution in [-0.2, 0) is 19.6 Å². The summed E-state index contributed by atoms with van der Waals surface area (Å²) in [5.74, 6) is 0.808. The van der Waals surface area contributed by atoms with E-state index in [1.54, 1.807) is 31.2 Å². The maximum Gasteiger partial charge on any atom is 0.347 e. The summed E-state index contributed by atoms with van der Waals surface area (Å²) in [6.07, 6.45) is -0.901. The molecule has 0 N–H and O–H groups in total.